The molecular weight excluding hydrogens is 234 g/mol. The number of hydrogen-bond acceptors (Lipinski definition) is 5. The maximum Gasteiger partial charge on any atom is 0.342 e. The van der Waals surface area contributed by atoms with Crippen molar-refractivity contribution in [2.24, 2.45) is 4.99 Å². The lowest BCUT2D eigenvalue weighted by Gasteiger charge is -2.28. The third-order valence-corrected chi connectivity index (χ3v) is 2.93. The lowest BCUT2D eigenvalue weighted by molar-refractivity contribution is -0.168. The van der Waals surface area contributed by atoms with Gasteiger partial charge in [-0.15, -0.1) is 0 Å². The molecule has 0 N–H and O–H groups in total. The Labute approximate surface area is 103 Å². The van der Waals surface area contributed by atoms with Crippen molar-refractivity contribution >= 4 is 18.0 Å². The van der Waals surface area contributed by atoms with Gasteiger partial charge in [0.1, 0.15) is 0 Å². The molecule has 0 aliphatic carbocycles. The minimum atomic E-state index is -1.31. The molecule has 0 unspecified atom stereocenters. The molecule has 0 amide bonds. The molecule has 1 aromatic carbocycles. The van der Waals surface area contributed by atoms with Crippen LogP contribution in [0.15, 0.2) is 35.3 Å². The Bertz CT molecular complexity index is 519. The van der Waals surface area contributed by atoms with Gasteiger partial charge in [0.25, 0.3) is 0 Å². The maximum absolute atomic E-state index is 11.8. The van der Waals surface area contributed by atoms with Gasteiger partial charge >= 0.3 is 11.9 Å². The van der Waals surface area contributed by atoms with E-state index in [0.717, 1.165) is 5.56 Å². The van der Waals surface area contributed by atoms with Crippen LogP contribution in [0.2, 0.25) is 0 Å². The summed E-state index contributed by atoms with van der Waals surface area (Å²) >= 11 is 0. The smallest absolute Gasteiger partial charge is 0.342 e. The number of rotatable bonds is 3. The summed E-state index contributed by atoms with van der Waals surface area (Å²) in [5, 5.41) is 0. The number of nitrogens with zero attached hydrogens (tertiary/aromatic N) is 1. The molecular formula is C13H11NO4. The summed E-state index contributed by atoms with van der Waals surface area (Å²) < 4.78 is 4.58. The number of isocyanates is 1. The van der Waals surface area contributed by atoms with E-state index in [0.29, 0.717) is 0 Å². The Morgan fingerprint density at radius 2 is 2.00 bits per heavy atom. The molecule has 1 fully saturated rings. The van der Waals surface area contributed by atoms with E-state index < -0.39 is 17.5 Å². The second-order valence-corrected chi connectivity index (χ2v) is 4.16. The van der Waals surface area contributed by atoms with Gasteiger partial charge in [0, 0.05) is 12.8 Å². The quantitative estimate of drug-likeness (QED) is 0.347. The fraction of sp³-hybridized carbons (Fsp3) is 0.308. The molecule has 1 aromatic rings. The molecule has 0 radical (unpaired) electrons. The van der Waals surface area contributed by atoms with Crippen LogP contribution < -0.4 is 0 Å². The molecule has 18 heavy (non-hydrogen) atoms. The standard InChI is InChI=1S/C13H11NO4/c15-9-14-13(7-6-11(16)18-12(13)17)8-10-4-2-1-3-5-10/h1-5H,6-8H2/t13-/m1/s1. The van der Waals surface area contributed by atoms with Gasteiger partial charge < -0.3 is 4.74 Å². The number of carbonyl (C=O) groups is 2. The van der Waals surface area contributed by atoms with Crippen LogP contribution in [0.4, 0.5) is 0 Å². The van der Waals surface area contributed by atoms with E-state index in [1.165, 1.54) is 6.08 Å². The first kappa shape index (κ1) is 12.2. The highest BCUT2D eigenvalue weighted by Gasteiger charge is 2.45. The second kappa shape index (κ2) is 4.94. The summed E-state index contributed by atoms with van der Waals surface area (Å²) in [4.78, 5) is 36.9. The predicted molar refractivity (Wildman–Crippen MR) is 61.3 cm³/mol. The predicted octanol–water partition coefficient (Wildman–Crippen LogP) is 1.17. The lowest BCUT2D eigenvalue weighted by atomic mass is 9.85. The average molecular weight is 245 g/mol. The molecule has 1 heterocycles. The number of ether oxygens (including phenoxy) is 1. The van der Waals surface area contributed by atoms with Crippen molar-refractivity contribution in [2.75, 3.05) is 0 Å². The van der Waals surface area contributed by atoms with E-state index in [9.17, 15) is 14.4 Å². The SMILES string of the molecule is O=C=N[C@@]1(Cc2ccccc2)CCC(=O)OC1=O. The van der Waals surface area contributed by atoms with Crippen LogP contribution in [-0.4, -0.2) is 23.6 Å². The Kier molecular flexibility index (Phi) is 3.35. The van der Waals surface area contributed by atoms with Crippen LogP contribution >= 0.6 is 0 Å². The molecule has 1 atom stereocenters. The number of cyclic esters (lactones) is 2. The van der Waals surface area contributed by atoms with Gasteiger partial charge in [-0.1, -0.05) is 30.3 Å². The van der Waals surface area contributed by atoms with Gasteiger partial charge in [0.2, 0.25) is 6.08 Å². The molecule has 5 heteroatoms. The summed E-state index contributed by atoms with van der Waals surface area (Å²) in [6.07, 6.45) is 1.89. The maximum atomic E-state index is 11.8. The van der Waals surface area contributed by atoms with Crippen molar-refractivity contribution in [1.29, 1.82) is 0 Å². The Morgan fingerprint density at radius 3 is 2.61 bits per heavy atom. The minimum absolute atomic E-state index is 0.0732. The first-order chi connectivity index (χ1) is 8.66. The van der Waals surface area contributed by atoms with Gasteiger partial charge in [0.05, 0.1) is 0 Å². The van der Waals surface area contributed by atoms with Crippen LogP contribution in [-0.2, 0) is 25.5 Å². The highest BCUT2D eigenvalue weighted by Crippen LogP contribution is 2.29. The molecule has 0 spiro atoms. The van der Waals surface area contributed by atoms with Crippen molar-refractivity contribution in [1.82, 2.24) is 0 Å². The number of esters is 2. The van der Waals surface area contributed by atoms with Gasteiger partial charge in [-0.05, 0) is 12.0 Å². The van der Waals surface area contributed by atoms with Crippen LogP contribution in [0.5, 0.6) is 0 Å². The molecule has 1 saturated heterocycles. The largest absolute Gasteiger partial charge is 0.391 e. The third-order valence-electron chi connectivity index (χ3n) is 2.93. The van der Waals surface area contributed by atoms with Crippen LogP contribution in [0.25, 0.3) is 0 Å². The van der Waals surface area contributed by atoms with Crippen LogP contribution in [0, 0.1) is 0 Å². The third kappa shape index (κ3) is 2.36. The molecule has 92 valence electrons. The molecule has 0 saturated carbocycles. The Morgan fingerprint density at radius 1 is 1.28 bits per heavy atom. The number of benzene rings is 1. The summed E-state index contributed by atoms with van der Waals surface area (Å²) in [6.45, 7) is 0. The van der Waals surface area contributed by atoms with Crippen molar-refractivity contribution in [2.45, 2.75) is 24.8 Å². The van der Waals surface area contributed by atoms with Gasteiger partial charge in [-0.3, -0.25) is 4.79 Å². The summed E-state index contributed by atoms with van der Waals surface area (Å²) in [5.41, 5.74) is -0.459. The van der Waals surface area contributed by atoms with E-state index in [2.05, 4.69) is 9.73 Å². The van der Waals surface area contributed by atoms with E-state index in [1.54, 1.807) is 0 Å². The molecule has 0 aromatic heterocycles. The monoisotopic (exact) mass is 245 g/mol. The lowest BCUT2D eigenvalue weighted by Crippen LogP contribution is -2.45. The molecule has 5 nitrogen and oxygen atoms in total. The van der Waals surface area contributed by atoms with Crippen LogP contribution in [0.3, 0.4) is 0 Å². The van der Waals surface area contributed by atoms with Crippen molar-refractivity contribution in [3.05, 3.63) is 35.9 Å². The minimum Gasteiger partial charge on any atom is -0.391 e. The first-order valence-corrected chi connectivity index (χ1v) is 5.54. The zero-order valence-corrected chi connectivity index (χ0v) is 9.59. The van der Waals surface area contributed by atoms with Crippen molar-refractivity contribution < 1.29 is 19.1 Å². The number of aliphatic imine (C=N–C) groups is 1. The van der Waals surface area contributed by atoms with E-state index in [4.69, 9.17) is 0 Å². The summed E-state index contributed by atoms with van der Waals surface area (Å²) in [6, 6.07) is 9.15. The van der Waals surface area contributed by atoms with Crippen molar-refractivity contribution in [3.8, 4) is 0 Å². The summed E-state index contributed by atoms with van der Waals surface area (Å²) in [7, 11) is 0. The number of carbonyl (C=O) groups excluding carboxylic acids is 3. The van der Waals surface area contributed by atoms with Gasteiger partial charge in [0.15, 0.2) is 5.54 Å². The first-order valence-electron chi connectivity index (χ1n) is 5.54. The fourth-order valence-electron chi connectivity index (χ4n) is 1.98. The van der Waals surface area contributed by atoms with Crippen LogP contribution in [0.1, 0.15) is 18.4 Å². The van der Waals surface area contributed by atoms with Gasteiger partial charge in [-0.2, -0.15) is 4.99 Å². The topological polar surface area (TPSA) is 72.8 Å². The molecule has 2 rings (SSSR count). The van der Waals surface area contributed by atoms with Gasteiger partial charge in [-0.25, -0.2) is 9.59 Å². The highest BCUT2D eigenvalue weighted by atomic mass is 16.6. The Hall–Kier alpha value is -2.26. The number of hydrogen-bond donors (Lipinski definition) is 0. The normalized spacial score (nSPS) is 23.1. The Balaban J connectivity index is 2.30. The summed E-state index contributed by atoms with van der Waals surface area (Å²) in [5.74, 6) is -1.35. The molecule has 1 aliphatic rings. The average Bonchev–Trinajstić information content (AvgIpc) is 2.36. The van der Waals surface area contributed by atoms with E-state index >= 15 is 0 Å². The fourth-order valence-corrected chi connectivity index (χ4v) is 1.98. The molecule has 0 bridgehead atoms. The highest BCUT2D eigenvalue weighted by molar-refractivity contribution is 5.95. The van der Waals surface area contributed by atoms with E-state index in [1.807, 2.05) is 30.3 Å². The van der Waals surface area contributed by atoms with Crippen molar-refractivity contribution in [3.63, 3.8) is 0 Å². The zero-order chi connectivity index (χ0) is 13.0. The second-order valence-electron chi connectivity index (χ2n) is 4.16. The molecule has 1 aliphatic heterocycles. The zero-order valence-electron chi connectivity index (χ0n) is 9.59. The van der Waals surface area contributed by atoms with E-state index in [-0.39, 0.29) is 19.3 Å².